The van der Waals surface area contributed by atoms with Crippen molar-refractivity contribution in [3.05, 3.63) is 30.1 Å². The Bertz CT molecular complexity index is 329. The third-order valence-corrected chi connectivity index (χ3v) is 2.19. The molecule has 0 saturated heterocycles. The van der Waals surface area contributed by atoms with Gasteiger partial charge in [-0.15, -0.1) is 0 Å². The van der Waals surface area contributed by atoms with E-state index in [1.807, 2.05) is 0 Å². The van der Waals surface area contributed by atoms with Crippen molar-refractivity contribution in [1.82, 2.24) is 4.98 Å². The van der Waals surface area contributed by atoms with Crippen LogP contribution in [0.2, 0.25) is 0 Å². The zero-order valence-corrected chi connectivity index (χ0v) is 9.17. The van der Waals surface area contributed by atoms with Crippen LogP contribution in [0.1, 0.15) is 24.9 Å². The molecule has 0 aromatic carbocycles. The Labute approximate surface area is 94.2 Å². The topological polar surface area (TPSA) is 85.4 Å². The minimum atomic E-state index is -0.943. The first kappa shape index (κ1) is 12.6. The normalized spacial score (nSPS) is 14.2. The molecular formula is C11H16N2O3. The summed E-state index contributed by atoms with van der Waals surface area (Å²) in [5.74, 6) is -0.445. The Balaban J connectivity index is 2.54. The average molecular weight is 224 g/mol. The Kier molecular flexibility index (Phi) is 4.88. The van der Waals surface area contributed by atoms with Crippen LogP contribution in [0.25, 0.3) is 0 Å². The maximum absolute atomic E-state index is 11.1. The highest BCUT2D eigenvalue weighted by molar-refractivity contribution is 5.70. The van der Waals surface area contributed by atoms with Gasteiger partial charge in [-0.05, 0) is 24.6 Å². The lowest BCUT2D eigenvalue weighted by atomic mass is 10.0. The molecular weight excluding hydrogens is 208 g/mol. The maximum Gasteiger partial charge on any atom is 0.308 e. The molecule has 1 heterocycles. The van der Waals surface area contributed by atoms with E-state index in [4.69, 9.17) is 10.5 Å². The number of pyridine rings is 1. The highest BCUT2D eigenvalue weighted by Crippen LogP contribution is 2.15. The van der Waals surface area contributed by atoms with Crippen LogP contribution in [0, 0.1) is 0 Å². The molecule has 0 aliphatic carbocycles. The van der Waals surface area contributed by atoms with E-state index in [1.54, 1.807) is 31.5 Å². The molecule has 0 amide bonds. The highest BCUT2D eigenvalue weighted by Gasteiger charge is 2.20. The standard InChI is InChI=1S/C11H16N2O3/c1-2-16-10(15)7-9(14)11(12)8-3-5-13-6-4-8/h3-6,9,11,14H,2,7,12H2,1H3. The third-order valence-electron chi connectivity index (χ3n) is 2.19. The molecule has 0 aliphatic heterocycles. The summed E-state index contributed by atoms with van der Waals surface area (Å²) in [5, 5.41) is 9.72. The number of ether oxygens (including phenoxy) is 1. The number of carbonyl (C=O) groups is 1. The van der Waals surface area contributed by atoms with Gasteiger partial charge in [-0.25, -0.2) is 0 Å². The molecule has 0 saturated carbocycles. The van der Waals surface area contributed by atoms with Gasteiger partial charge in [0.2, 0.25) is 0 Å². The number of esters is 1. The van der Waals surface area contributed by atoms with Crippen LogP contribution in [0.4, 0.5) is 0 Å². The van der Waals surface area contributed by atoms with Gasteiger partial charge in [0.15, 0.2) is 0 Å². The molecule has 0 fully saturated rings. The van der Waals surface area contributed by atoms with Crippen LogP contribution in [-0.4, -0.2) is 28.8 Å². The van der Waals surface area contributed by atoms with Crippen LogP contribution < -0.4 is 5.73 Å². The lowest BCUT2D eigenvalue weighted by molar-refractivity contribution is -0.145. The van der Waals surface area contributed by atoms with E-state index in [2.05, 4.69) is 4.98 Å². The van der Waals surface area contributed by atoms with Gasteiger partial charge in [-0.3, -0.25) is 9.78 Å². The van der Waals surface area contributed by atoms with E-state index in [9.17, 15) is 9.90 Å². The quantitative estimate of drug-likeness (QED) is 0.707. The van der Waals surface area contributed by atoms with Crippen molar-refractivity contribution in [2.45, 2.75) is 25.5 Å². The number of nitrogens with two attached hydrogens (primary N) is 1. The smallest absolute Gasteiger partial charge is 0.308 e. The van der Waals surface area contributed by atoms with Gasteiger partial charge >= 0.3 is 5.97 Å². The largest absolute Gasteiger partial charge is 0.466 e. The predicted octanol–water partition coefficient (Wildman–Crippen LogP) is 0.395. The van der Waals surface area contributed by atoms with Crippen molar-refractivity contribution in [2.24, 2.45) is 5.73 Å². The summed E-state index contributed by atoms with van der Waals surface area (Å²) in [6, 6.07) is 2.81. The van der Waals surface area contributed by atoms with Gasteiger partial charge in [0.25, 0.3) is 0 Å². The van der Waals surface area contributed by atoms with E-state index >= 15 is 0 Å². The Morgan fingerprint density at radius 3 is 2.75 bits per heavy atom. The molecule has 1 aromatic rings. The summed E-state index contributed by atoms with van der Waals surface area (Å²) >= 11 is 0. The molecule has 0 bridgehead atoms. The van der Waals surface area contributed by atoms with Crippen LogP contribution in [0.15, 0.2) is 24.5 Å². The second-order valence-electron chi connectivity index (χ2n) is 3.38. The molecule has 3 N–H and O–H groups in total. The molecule has 0 spiro atoms. The number of hydrogen-bond acceptors (Lipinski definition) is 5. The Morgan fingerprint density at radius 2 is 2.19 bits per heavy atom. The molecule has 2 atom stereocenters. The van der Waals surface area contributed by atoms with E-state index in [-0.39, 0.29) is 6.42 Å². The number of aromatic nitrogens is 1. The number of rotatable bonds is 5. The predicted molar refractivity (Wildman–Crippen MR) is 58.4 cm³/mol. The monoisotopic (exact) mass is 224 g/mol. The van der Waals surface area contributed by atoms with Crippen LogP contribution in [-0.2, 0) is 9.53 Å². The van der Waals surface area contributed by atoms with E-state index in [0.29, 0.717) is 6.61 Å². The number of nitrogens with zero attached hydrogens (tertiary/aromatic N) is 1. The number of aliphatic hydroxyl groups excluding tert-OH is 1. The first-order chi connectivity index (χ1) is 7.65. The summed E-state index contributed by atoms with van der Waals surface area (Å²) in [6.45, 7) is 2.02. The Morgan fingerprint density at radius 1 is 1.56 bits per heavy atom. The average Bonchev–Trinajstić information content (AvgIpc) is 2.29. The van der Waals surface area contributed by atoms with E-state index < -0.39 is 18.1 Å². The fraction of sp³-hybridized carbons (Fsp3) is 0.455. The van der Waals surface area contributed by atoms with Gasteiger partial charge in [0, 0.05) is 12.4 Å². The molecule has 1 aromatic heterocycles. The van der Waals surface area contributed by atoms with Gasteiger partial charge in [-0.1, -0.05) is 0 Å². The molecule has 0 aliphatic rings. The summed E-state index contributed by atoms with van der Waals surface area (Å²) in [7, 11) is 0. The SMILES string of the molecule is CCOC(=O)CC(O)C(N)c1ccncc1. The summed E-state index contributed by atoms with van der Waals surface area (Å²) in [6.07, 6.45) is 2.14. The van der Waals surface area contributed by atoms with E-state index in [0.717, 1.165) is 5.56 Å². The van der Waals surface area contributed by atoms with Crippen molar-refractivity contribution in [2.75, 3.05) is 6.61 Å². The highest BCUT2D eigenvalue weighted by atomic mass is 16.5. The van der Waals surface area contributed by atoms with Gasteiger partial charge in [0.1, 0.15) is 0 Å². The number of carbonyl (C=O) groups excluding carboxylic acids is 1. The molecule has 0 radical (unpaired) electrons. The molecule has 5 heteroatoms. The molecule has 5 nitrogen and oxygen atoms in total. The van der Waals surface area contributed by atoms with Gasteiger partial charge in [-0.2, -0.15) is 0 Å². The minimum absolute atomic E-state index is 0.0999. The molecule has 1 rings (SSSR count). The molecule has 2 unspecified atom stereocenters. The second-order valence-corrected chi connectivity index (χ2v) is 3.38. The first-order valence-corrected chi connectivity index (χ1v) is 5.14. The van der Waals surface area contributed by atoms with Crippen molar-refractivity contribution in [1.29, 1.82) is 0 Å². The first-order valence-electron chi connectivity index (χ1n) is 5.14. The zero-order valence-electron chi connectivity index (χ0n) is 9.17. The zero-order chi connectivity index (χ0) is 12.0. The van der Waals surface area contributed by atoms with Crippen molar-refractivity contribution in [3.63, 3.8) is 0 Å². The van der Waals surface area contributed by atoms with Crippen molar-refractivity contribution >= 4 is 5.97 Å². The van der Waals surface area contributed by atoms with Crippen LogP contribution in [0.5, 0.6) is 0 Å². The fourth-order valence-corrected chi connectivity index (χ4v) is 1.33. The van der Waals surface area contributed by atoms with Crippen molar-refractivity contribution in [3.8, 4) is 0 Å². The summed E-state index contributed by atoms with van der Waals surface area (Å²) < 4.78 is 4.73. The number of hydrogen-bond donors (Lipinski definition) is 2. The minimum Gasteiger partial charge on any atom is -0.466 e. The third kappa shape index (κ3) is 3.60. The summed E-state index contributed by atoms with van der Waals surface area (Å²) in [5.41, 5.74) is 6.54. The fourth-order valence-electron chi connectivity index (χ4n) is 1.33. The molecule has 16 heavy (non-hydrogen) atoms. The van der Waals surface area contributed by atoms with Crippen molar-refractivity contribution < 1.29 is 14.6 Å². The Hall–Kier alpha value is -1.46. The van der Waals surface area contributed by atoms with E-state index in [1.165, 1.54) is 0 Å². The van der Waals surface area contributed by atoms with Crippen LogP contribution >= 0.6 is 0 Å². The lowest BCUT2D eigenvalue weighted by Gasteiger charge is -2.18. The maximum atomic E-state index is 11.1. The second kappa shape index (κ2) is 6.19. The van der Waals surface area contributed by atoms with Gasteiger partial charge in [0.05, 0.1) is 25.2 Å². The summed E-state index contributed by atoms with van der Waals surface area (Å²) in [4.78, 5) is 15.0. The van der Waals surface area contributed by atoms with Crippen LogP contribution in [0.3, 0.4) is 0 Å². The lowest BCUT2D eigenvalue weighted by Crippen LogP contribution is -2.29. The number of aliphatic hydroxyl groups is 1. The van der Waals surface area contributed by atoms with Gasteiger partial charge < -0.3 is 15.6 Å². The molecule has 88 valence electrons.